The van der Waals surface area contributed by atoms with Crippen LogP contribution >= 0.6 is 0 Å². The number of ether oxygens (including phenoxy) is 1. The first-order valence-corrected chi connectivity index (χ1v) is 7.30. The maximum absolute atomic E-state index is 12.1. The van der Waals surface area contributed by atoms with Crippen LogP contribution in [0.2, 0.25) is 0 Å². The van der Waals surface area contributed by atoms with Crippen LogP contribution in [-0.4, -0.2) is 61.2 Å². The van der Waals surface area contributed by atoms with Crippen LogP contribution in [0.4, 0.5) is 13.2 Å². The maximum atomic E-state index is 12.1. The number of halogens is 3. The SMILES string of the molecule is CN(CC(=O)N1CCNC(=O)C1)Cc1ccc(OC(F)(F)F)cc1. The van der Waals surface area contributed by atoms with E-state index in [4.69, 9.17) is 0 Å². The Balaban J connectivity index is 1.84. The molecule has 0 saturated carbocycles. The topological polar surface area (TPSA) is 61.9 Å². The average molecular weight is 345 g/mol. The molecule has 1 aromatic carbocycles. The van der Waals surface area contributed by atoms with Gasteiger partial charge >= 0.3 is 6.36 Å². The summed E-state index contributed by atoms with van der Waals surface area (Å²) < 4.78 is 40.1. The Morgan fingerprint density at radius 1 is 1.33 bits per heavy atom. The molecule has 2 rings (SSSR count). The van der Waals surface area contributed by atoms with Crippen molar-refractivity contribution in [3.8, 4) is 5.75 Å². The van der Waals surface area contributed by atoms with Gasteiger partial charge in [-0.3, -0.25) is 14.5 Å². The molecule has 1 heterocycles. The molecule has 1 aliphatic rings. The molecule has 1 saturated heterocycles. The van der Waals surface area contributed by atoms with E-state index in [1.54, 1.807) is 11.9 Å². The molecule has 0 bridgehead atoms. The Hall–Kier alpha value is -2.29. The molecule has 1 N–H and O–H groups in total. The van der Waals surface area contributed by atoms with Crippen LogP contribution in [0.1, 0.15) is 5.56 Å². The van der Waals surface area contributed by atoms with Gasteiger partial charge in [0, 0.05) is 19.6 Å². The van der Waals surface area contributed by atoms with E-state index in [9.17, 15) is 22.8 Å². The number of nitrogens with zero attached hydrogens (tertiary/aromatic N) is 2. The van der Waals surface area contributed by atoms with Gasteiger partial charge in [-0.1, -0.05) is 12.1 Å². The number of alkyl halides is 3. The minimum Gasteiger partial charge on any atom is -0.406 e. The quantitative estimate of drug-likeness (QED) is 0.864. The van der Waals surface area contributed by atoms with E-state index in [1.807, 2.05) is 0 Å². The van der Waals surface area contributed by atoms with Gasteiger partial charge in [-0.25, -0.2) is 0 Å². The van der Waals surface area contributed by atoms with E-state index in [2.05, 4.69) is 10.1 Å². The Labute approximate surface area is 137 Å². The first-order valence-electron chi connectivity index (χ1n) is 7.30. The number of carbonyl (C=O) groups is 2. The Kier molecular flexibility index (Phi) is 5.66. The molecule has 0 atom stereocenters. The van der Waals surface area contributed by atoms with Gasteiger partial charge in [-0.05, 0) is 24.7 Å². The van der Waals surface area contributed by atoms with E-state index in [0.29, 0.717) is 19.6 Å². The third-order valence-corrected chi connectivity index (χ3v) is 3.41. The van der Waals surface area contributed by atoms with Gasteiger partial charge in [-0.2, -0.15) is 0 Å². The predicted molar refractivity (Wildman–Crippen MR) is 79.0 cm³/mol. The predicted octanol–water partition coefficient (Wildman–Crippen LogP) is 0.975. The lowest BCUT2D eigenvalue weighted by Crippen LogP contribution is -2.52. The number of hydrogen-bond donors (Lipinski definition) is 1. The number of nitrogens with one attached hydrogen (secondary N) is 1. The zero-order valence-corrected chi connectivity index (χ0v) is 13.1. The molecule has 1 aliphatic heterocycles. The molecular weight excluding hydrogens is 327 g/mol. The van der Waals surface area contributed by atoms with Crippen LogP contribution in [0.25, 0.3) is 0 Å². The van der Waals surface area contributed by atoms with Gasteiger partial charge in [-0.15, -0.1) is 13.2 Å². The molecule has 0 aliphatic carbocycles. The number of likely N-dealkylation sites (N-methyl/N-ethyl adjacent to an activating group) is 1. The molecule has 2 amide bonds. The van der Waals surface area contributed by atoms with Crippen molar-refractivity contribution in [3.63, 3.8) is 0 Å². The molecule has 0 aromatic heterocycles. The van der Waals surface area contributed by atoms with Crippen LogP contribution < -0.4 is 10.1 Å². The second-order valence-corrected chi connectivity index (χ2v) is 5.53. The molecule has 132 valence electrons. The Morgan fingerprint density at radius 3 is 2.58 bits per heavy atom. The third kappa shape index (κ3) is 5.73. The van der Waals surface area contributed by atoms with Gasteiger partial charge in [0.15, 0.2) is 0 Å². The lowest BCUT2D eigenvalue weighted by atomic mass is 10.2. The summed E-state index contributed by atoms with van der Waals surface area (Å²) in [4.78, 5) is 26.6. The monoisotopic (exact) mass is 345 g/mol. The van der Waals surface area contributed by atoms with Crippen molar-refractivity contribution in [2.24, 2.45) is 0 Å². The highest BCUT2D eigenvalue weighted by Crippen LogP contribution is 2.22. The second-order valence-electron chi connectivity index (χ2n) is 5.53. The summed E-state index contributed by atoms with van der Waals surface area (Å²) in [6, 6.07) is 5.48. The van der Waals surface area contributed by atoms with Crippen molar-refractivity contribution < 1.29 is 27.5 Å². The molecule has 1 fully saturated rings. The van der Waals surface area contributed by atoms with Crippen LogP contribution in [0.5, 0.6) is 5.75 Å². The molecule has 6 nitrogen and oxygen atoms in total. The average Bonchev–Trinajstić information content (AvgIpc) is 2.47. The largest absolute Gasteiger partial charge is 0.573 e. The first-order chi connectivity index (χ1) is 11.2. The summed E-state index contributed by atoms with van der Waals surface area (Å²) in [5.74, 6) is -0.633. The van der Waals surface area contributed by atoms with Crippen molar-refractivity contribution in [2.75, 3.05) is 33.2 Å². The fourth-order valence-corrected chi connectivity index (χ4v) is 2.35. The van der Waals surface area contributed by atoms with E-state index in [1.165, 1.54) is 29.2 Å². The number of carbonyl (C=O) groups excluding carboxylic acids is 2. The first kappa shape index (κ1) is 18.1. The fourth-order valence-electron chi connectivity index (χ4n) is 2.35. The minimum absolute atomic E-state index is 0.0517. The van der Waals surface area contributed by atoms with Crippen molar-refractivity contribution in [3.05, 3.63) is 29.8 Å². The van der Waals surface area contributed by atoms with Gasteiger partial charge in [0.05, 0.1) is 13.1 Å². The summed E-state index contributed by atoms with van der Waals surface area (Å²) in [5, 5.41) is 2.64. The Morgan fingerprint density at radius 2 is 2.00 bits per heavy atom. The standard InChI is InChI=1S/C15H18F3N3O3/c1-20(10-14(23)21-7-6-19-13(22)9-21)8-11-2-4-12(5-3-11)24-15(16,17)18/h2-5H,6-10H2,1H3,(H,19,22). The zero-order chi connectivity index (χ0) is 17.7. The van der Waals surface area contributed by atoms with E-state index in [0.717, 1.165) is 5.56 Å². The van der Waals surface area contributed by atoms with E-state index in [-0.39, 0.29) is 30.7 Å². The number of benzene rings is 1. The summed E-state index contributed by atoms with van der Waals surface area (Å²) >= 11 is 0. The molecule has 0 radical (unpaired) electrons. The summed E-state index contributed by atoms with van der Waals surface area (Å²) in [5.41, 5.74) is 0.746. The van der Waals surface area contributed by atoms with Crippen molar-refractivity contribution in [1.82, 2.24) is 15.1 Å². The van der Waals surface area contributed by atoms with Gasteiger partial charge in [0.2, 0.25) is 11.8 Å². The van der Waals surface area contributed by atoms with Crippen molar-refractivity contribution in [2.45, 2.75) is 12.9 Å². The van der Waals surface area contributed by atoms with Crippen LogP contribution in [0.15, 0.2) is 24.3 Å². The van der Waals surface area contributed by atoms with Gasteiger partial charge in [0.25, 0.3) is 0 Å². The van der Waals surface area contributed by atoms with Crippen LogP contribution in [0, 0.1) is 0 Å². The maximum Gasteiger partial charge on any atom is 0.573 e. The summed E-state index contributed by atoms with van der Waals surface area (Å²) in [7, 11) is 1.72. The lowest BCUT2D eigenvalue weighted by molar-refractivity contribution is -0.274. The molecular formula is C15H18F3N3O3. The summed E-state index contributed by atoms with van der Waals surface area (Å²) in [6.45, 7) is 1.47. The Bertz CT molecular complexity index is 590. The van der Waals surface area contributed by atoms with Crippen molar-refractivity contribution >= 4 is 11.8 Å². The highest BCUT2D eigenvalue weighted by Gasteiger charge is 2.31. The van der Waals surface area contributed by atoms with Crippen LogP contribution in [-0.2, 0) is 16.1 Å². The smallest absolute Gasteiger partial charge is 0.406 e. The molecule has 9 heteroatoms. The molecule has 0 spiro atoms. The van der Waals surface area contributed by atoms with E-state index >= 15 is 0 Å². The highest BCUT2D eigenvalue weighted by molar-refractivity contribution is 5.86. The van der Waals surface area contributed by atoms with Crippen LogP contribution in [0.3, 0.4) is 0 Å². The zero-order valence-electron chi connectivity index (χ0n) is 13.1. The number of hydrogen-bond acceptors (Lipinski definition) is 4. The van der Waals surface area contributed by atoms with Crippen molar-refractivity contribution in [1.29, 1.82) is 0 Å². The lowest BCUT2D eigenvalue weighted by Gasteiger charge is -2.28. The normalized spacial score (nSPS) is 15.4. The highest BCUT2D eigenvalue weighted by atomic mass is 19.4. The van der Waals surface area contributed by atoms with Gasteiger partial charge < -0.3 is 15.0 Å². The van der Waals surface area contributed by atoms with Gasteiger partial charge in [0.1, 0.15) is 5.75 Å². The molecule has 0 unspecified atom stereocenters. The fraction of sp³-hybridized carbons (Fsp3) is 0.467. The number of amides is 2. The third-order valence-electron chi connectivity index (χ3n) is 3.41. The number of rotatable bonds is 5. The number of piperazine rings is 1. The second kappa shape index (κ2) is 7.52. The molecule has 1 aromatic rings. The summed E-state index contributed by atoms with van der Waals surface area (Å²) in [6.07, 6.45) is -4.72. The van der Waals surface area contributed by atoms with E-state index < -0.39 is 6.36 Å². The minimum atomic E-state index is -4.72. The molecule has 24 heavy (non-hydrogen) atoms.